The molecule has 1 saturated carbocycles. The van der Waals surface area contributed by atoms with Crippen LogP contribution in [0, 0.1) is 6.92 Å². The molecule has 11 heteroatoms. The predicted octanol–water partition coefficient (Wildman–Crippen LogP) is -0.350. The first-order valence-electron chi connectivity index (χ1n) is 11.1. The highest BCUT2D eigenvalue weighted by Crippen LogP contribution is 2.30. The number of phenolic OH excluding ortho intramolecular Hbond substituents is 1. The van der Waals surface area contributed by atoms with Crippen molar-refractivity contribution in [2.45, 2.75) is 56.1 Å². The minimum Gasteiger partial charge on any atom is -0.508 e. The van der Waals surface area contributed by atoms with E-state index < -0.39 is 60.6 Å². The molecule has 4 amide bonds. The minimum atomic E-state index is -2.19. The van der Waals surface area contributed by atoms with E-state index in [1.807, 2.05) is 6.92 Å². The van der Waals surface area contributed by atoms with Crippen LogP contribution in [0.5, 0.6) is 5.75 Å². The summed E-state index contributed by atoms with van der Waals surface area (Å²) < 4.78 is 0. The van der Waals surface area contributed by atoms with Crippen molar-refractivity contribution in [1.82, 2.24) is 10.6 Å². The molecule has 0 unspecified atom stereocenters. The second-order valence-corrected chi connectivity index (χ2v) is 8.87. The molecule has 2 aromatic rings. The molecule has 0 radical (unpaired) electrons. The van der Waals surface area contributed by atoms with Gasteiger partial charge < -0.3 is 42.1 Å². The van der Waals surface area contributed by atoms with E-state index in [1.54, 1.807) is 36.4 Å². The van der Waals surface area contributed by atoms with E-state index in [0.717, 1.165) is 5.56 Å². The molecule has 35 heavy (non-hydrogen) atoms. The van der Waals surface area contributed by atoms with Gasteiger partial charge in [-0.1, -0.05) is 29.8 Å². The topological polar surface area (TPSA) is 194 Å². The van der Waals surface area contributed by atoms with Gasteiger partial charge in [-0.2, -0.15) is 0 Å². The van der Waals surface area contributed by atoms with Crippen molar-refractivity contribution < 1.29 is 34.8 Å². The maximum atomic E-state index is 13.0. The highest BCUT2D eigenvalue weighted by atomic mass is 16.3. The van der Waals surface area contributed by atoms with E-state index in [1.165, 1.54) is 12.1 Å². The Morgan fingerprint density at radius 1 is 1.06 bits per heavy atom. The number of urea groups is 1. The van der Waals surface area contributed by atoms with Gasteiger partial charge in [0.05, 0.1) is 12.1 Å². The quantitative estimate of drug-likeness (QED) is 0.262. The van der Waals surface area contributed by atoms with Gasteiger partial charge in [-0.3, -0.25) is 9.59 Å². The van der Waals surface area contributed by atoms with E-state index in [-0.39, 0.29) is 12.2 Å². The Hall–Kier alpha value is -3.67. The number of carbonyl (C=O) groups is 3. The van der Waals surface area contributed by atoms with Crippen molar-refractivity contribution in [1.29, 1.82) is 0 Å². The van der Waals surface area contributed by atoms with Crippen molar-refractivity contribution in [3.8, 4) is 5.75 Å². The molecule has 0 spiro atoms. The number of hydrogen-bond acceptors (Lipinski definition) is 7. The van der Waals surface area contributed by atoms with Gasteiger partial charge in [0, 0.05) is 24.9 Å². The zero-order valence-electron chi connectivity index (χ0n) is 19.1. The molecule has 9 N–H and O–H groups in total. The summed E-state index contributed by atoms with van der Waals surface area (Å²) in [5.41, 5.74) is 5.32. The molecule has 11 nitrogen and oxygen atoms in total. The molecule has 1 aliphatic rings. The number of aromatic hydroxyl groups is 1. The van der Waals surface area contributed by atoms with E-state index in [2.05, 4.69) is 16.0 Å². The fourth-order valence-electron chi connectivity index (χ4n) is 3.98. The van der Waals surface area contributed by atoms with Crippen LogP contribution in [0.4, 0.5) is 10.5 Å². The lowest BCUT2D eigenvalue weighted by atomic mass is 9.77. The summed E-state index contributed by atoms with van der Waals surface area (Å²) in [7, 11) is 0. The molecule has 0 heterocycles. The summed E-state index contributed by atoms with van der Waals surface area (Å²) >= 11 is 0. The van der Waals surface area contributed by atoms with E-state index in [0.29, 0.717) is 11.3 Å². The number of anilines is 1. The lowest BCUT2D eigenvalue weighted by Gasteiger charge is -2.41. The number of nitrogens with two attached hydrogens (primary N) is 1. The molecular formula is C24H30N4O7. The molecule has 188 valence electrons. The highest BCUT2D eigenvalue weighted by Gasteiger charge is 2.49. The van der Waals surface area contributed by atoms with Gasteiger partial charge in [-0.05, 0) is 36.8 Å². The number of hydrogen-bond donors (Lipinski definition) is 8. The Morgan fingerprint density at radius 3 is 2.29 bits per heavy atom. The smallest absolute Gasteiger partial charge is 0.319 e. The summed E-state index contributed by atoms with van der Waals surface area (Å²) in [6.07, 6.45) is -3.88. The van der Waals surface area contributed by atoms with E-state index >= 15 is 0 Å². The van der Waals surface area contributed by atoms with Gasteiger partial charge in [0.1, 0.15) is 23.5 Å². The number of nitrogens with one attached hydrogen (secondary N) is 3. The second-order valence-electron chi connectivity index (χ2n) is 8.87. The highest BCUT2D eigenvalue weighted by molar-refractivity contribution is 5.92. The Morgan fingerprint density at radius 2 is 1.69 bits per heavy atom. The average Bonchev–Trinajstić information content (AvgIpc) is 2.79. The number of benzene rings is 2. The van der Waals surface area contributed by atoms with Gasteiger partial charge in [0.25, 0.3) is 5.91 Å². The molecular weight excluding hydrogens is 456 g/mol. The van der Waals surface area contributed by atoms with Gasteiger partial charge in [0.2, 0.25) is 5.91 Å². The van der Waals surface area contributed by atoms with Gasteiger partial charge in [-0.25, -0.2) is 4.79 Å². The number of aliphatic hydroxyl groups is 3. The number of carbonyl (C=O) groups excluding carboxylic acids is 3. The van der Waals surface area contributed by atoms with Gasteiger partial charge >= 0.3 is 6.03 Å². The third kappa shape index (κ3) is 6.69. The van der Waals surface area contributed by atoms with Gasteiger partial charge in [-0.15, -0.1) is 0 Å². The lowest BCUT2D eigenvalue weighted by molar-refractivity contribution is -0.158. The summed E-state index contributed by atoms with van der Waals surface area (Å²) in [6, 6.07) is 9.86. The van der Waals surface area contributed by atoms with Crippen LogP contribution in [0.1, 0.15) is 24.0 Å². The summed E-state index contributed by atoms with van der Waals surface area (Å²) in [5.74, 6) is -1.79. The Balaban J connectivity index is 1.68. The van der Waals surface area contributed by atoms with Crippen LogP contribution in [-0.2, 0) is 16.0 Å². The largest absolute Gasteiger partial charge is 0.508 e. The molecule has 0 saturated heterocycles. The van der Waals surface area contributed by atoms with Crippen LogP contribution < -0.4 is 21.7 Å². The van der Waals surface area contributed by atoms with Crippen LogP contribution in [0.2, 0.25) is 0 Å². The fourth-order valence-corrected chi connectivity index (χ4v) is 3.98. The average molecular weight is 487 g/mol. The van der Waals surface area contributed by atoms with E-state index in [9.17, 15) is 34.8 Å². The summed E-state index contributed by atoms with van der Waals surface area (Å²) in [4.78, 5) is 37.3. The number of aliphatic hydroxyl groups excluding tert-OH is 2. The first-order chi connectivity index (χ1) is 16.5. The SMILES string of the molecule is Cc1ccc(NC(=O)N[C@@H]2C[C@@](O)(C(=O)N[C@@H](Cc3ccc(O)cc3)C(N)=O)C[C@@H](O)[C@@H]2O)cc1. The number of amides is 4. The van der Waals surface area contributed by atoms with Crippen molar-refractivity contribution in [2.75, 3.05) is 5.32 Å². The number of primary amides is 1. The molecule has 1 fully saturated rings. The van der Waals surface area contributed by atoms with Crippen molar-refractivity contribution >= 4 is 23.5 Å². The second kappa shape index (κ2) is 10.7. The molecule has 0 aromatic heterocycles. The maximum Gasteiger partial charge on any atom is 0.319 e. The van der Waals surface area contributed by atoms with Crippen molar-refractivity contribution in [2.24, 2.45) is 5.73 Å². The van der Waals surface area contributed by atoms with Gasteiger partial charge in [0.15, 0.2) is 0 Å². The Bertz CT molecular complexity index is 1060. The lowest BCUT2D eigenvalue weighted by Crippen LogP contribution is -2.64. The Labute approximate surface area is 202 Å². The first-order valence-corrected chi connectivity index (χ1v) is 11.1. The van der Waals surface area contributed by atoms with E-state index in [4.69, 9.17) is 5.73 Å². The normalized spacial score (nSPS) is 24.7. The van der Waals surface area contributed by atoms with Crippen LogP contribution in [0.15, 0.2) is 48.5 Å². The van der Waals surface area contributed by atoms with Crippen molar-refractivity contribution in [3.63, 3.8) is 0 Å². The van der Waals surface area contributed by atoms with Crippen molar-refractivity contribution in [3.05, 3.63) is 59.7 Å². The molecule has 1 aliphatic carbocycles. The number of aryl methyl sites for hydroxylation is 1. The third-order valence-corrected chi connectivity index (χ3v) is 5.98. The molecule has 0 bridgehead atoms. The molecule has 5 atom stereocenters. The zero-order valence-corrected chi connectivity index (χ0v) is 19.1. The van der Waals surface area contributed by atoms with Crippen LogP contribution >= 0.6 is 0 Å². The molecule has 3 rings (SSSR count). The third-order valence-electron chi connectivity index (χ3n) is 5.98. The minimum absolute atomic E-state index is 0.00322. The van der Waals surface area contributed by atoms with Crippen LogP contribution in [0.25, 0.3) is 0 Å². The van der Waals surface area contributed by atoms with Crippen LogP contribution in [-0.4, -0.2) is 68.2 Å². The zero-order chi connectivity index (χ0) is 25.8. The molecule has 2 aromatic carbocycles. The summed E-state index contributed by atoms with van der Waals surface area (Å²) in [6.45, 7) is 1.89. The first kappa shape index (κ1) is 25.9. The predicted molar refractivity (Wildman–Crippen MR) is 126 cm³/mol. The van der Waals surface area contributed by atoms with Crippen LogP contribution in [0.3, 0.4) is 0 Å². The standard InChI is InChI=1S/C24H30N4O7/c1-13-2-6-15(7-3-13)26-23(34)28-18-11-24(35,12-19(30)20(18)31)22(33)27-17(21(25)32)10-14-4-8-16(29)9-5-14/h2-9,17-20,29-31,35H,10-12H2,1H3,(H2,25,32)(H,27,33)(H2,26,28,34)/t17-,18+,19+,20+,24-/m0/s1. The Kier molecular flexibility index (Phi) is 7.95. The fraction of sp³-hybridized carbons (Fsp3) is 0.375. The summed E-state index contributed by atoms with van der Waals surface area (Å²) in [5, 5.41) is 48.5. The maximum absolute atomic E-state index is 13.0. The number of rotatable bonds is 7. The number of phenols is 1. The molecule has 0 aliphatic heterocycles. The monoisotopic (exact) mass is 486 g/mol.